The van der Waals surface area contributed by atoms with E-state index in [9.17, 15) is 4.79 Å². The summed E-state index contributed by atoms with van der Waals surface area (Å²) < 4.78 is 21.6. The minimum atomic E-state index is -0.188. The highest BCUT2D eigenvalue weighted by Gasteiger charge is 2.30. The normalized spacial score (nSPS) is 16.7. The Morgan fingerprint density at radius 3 is 2.31 bits per heavy atom. The first-order chi connectivity index (χ1) is 14.1. The first kappa shape index (κ1) is 21.4. The van der Waals surface area contributed by atoms with Crippen LogP contribution in [0.1, 0.15) is 28.2 Å². The molecule has 0 radical (unpaired) electrons. The highest BCUT2D eigenvalue weighted by atomic mass is 32.1. The van der Waals surface area contributed by atoms with E-state index >= 15 is 0 Å². The average Bonchev–Trinajstić information content (AvgIpc) is 3.27. The van der Waals surface area contributed by atoms with Gasteiger partial charge in [-0.1, -0.05) is 6.07 Å². The summed E-state index contributed by atoms with van der Waals surface area (Å²) in [5.74, 6) is 1.18. The molecule has 0 aliphatic carbocycles. The van der Waals surface area contributed by atoms with Gasteiger partial charge in [0.25, 0.3) is 5.91 Å². The van der Waals surface area contributed by atoms with E-state index in [4.69, 9.17) is 18.9 Å². The zero-order valence-corrected chi connectivity index (χ0v) is 18.1. The number of methoxy groups -OCH3 is 3. The van der Waals surface area contributed by atoms with Crippen LogP contribution >= 0.6 is 11.3 Å². The Hall–Kier alpha value is -2.29. The summed E-state index contributed by atoms with van der Waals surface area (Å²) in [5, 5.41) is 5.22. The van der Waals surface area contributed by atoms with Crippen molar-refractivity contribution in [2.45, 2.75) is 19.0 Å². The van der Waals surface area contributed by atoms with Gasteiger partial charge >= 0.3 is 0 Å². The molecule has 0 unspecified atom stereocenters. The lowest BCUT2D eigenvalue weighted by molar-refractivity contribution is 0.00969. The van der Waals surface area contributed by atoms with Gasteiger partial charge in [0.1, 0.15) is 0 Å². The molecule has 29 heavy (non-hydrogen) atoms. The monoisotopic (exact) mass is 420 g/mol. The fraction of sp³-hybridized carbons (Fsp3) is 0.476. The zero-order chi connectivity index (χ0) is 20.8. The van der Waals surface area contributed by atoms with Crippen LogP contribution in [-0.4, -0.2) is 64.5 Å². The number of benzene rings is 1. The SMILES string of the molecule is COc1cc(C(=O)N[C@H](C)[C@H](c2cccs2)N2CCOCC2)cc(OC)c1OC. The molecule has 1 amide bonds. The molecule has 2 heterocycles. The molecule has 1 aromatic heterocycles. The van der Waals surface area contributed by atoms with Gasteiger partial charge in [-0.2, -0.15) is 0 Å². The van der Waals surface area contributed by atoms with Gasteiger partial charge in [0.2, 0.25) is 5.75 Å². The van der Waals surface area contributed by atoms with Gasteiger partial charge in [0.05, 0.1) is 40.6 Å². The molecule has 7 nitrogen and oxygen atoms in total. The Morgan fingerprint density at radius 2 is 1.79 bits per heavy atom. The molecule has 8 heteroatoms. The van der Waals surface area contributed by atoms with Crippen molar-refractivity contribution in [3.63, 3.8) is 0 Å². The number of nitrogens with zero attached hydrogens (tertiary/aromatic N) is 1. The zero-order valence-electron chi connectivity index (χ0n) is 17.3. The van der Waals surface area contributed by atoms with Crippen LogP contribution < -0.4 is 19.5 Å². The molecule has 0 bridgehead atoms. The predicted octanol–water partition coefficient (Wildman–Crippen LogP) is 2.97. The van der Waals surface area contributed by atoms with Crippen LogP contribution in [0.25, 0.3) is 0 Å². The van der Waals surface area contributed by atoms with Crippen molar-refractivity contribution in [3.8, 4) is 17.2 Å². The Balaban J connectivity index is 1.82. The summed E-state index contributed by atoms with van der Waals surface area (Å²) in [6.45, 7) is 5.13. The predicted molar refractivity (Wildman–Crippen MR) is 112 cm³/mol. The van der Waals surface area contributed by atoms with E-state index in [1.54, 1.807) is 23.5 Å². The molecule has 1 aliphatic heterocycles. The fourth-order valence-electron chi connectivity index (χ4n) is 3.64. The molecule has 0 spiro atoms. The van der Waals surface area contributed by atoms with Crippen LogP contribution in [-0.2, 0) is 4.74 Å². The second-order valence-electron chi connectivity index (χ2n) is 6.78. The van der Waals surface area contributed by atoms with Crippen molar-refractivity contribution < 1.29 is 23.7 Å². The number of rotatable bonds is 8. The summed E-state index contributed by atoms with van der Waals surface area (Å²) in [4.78, 5) is 16.6. The van der Waals surface area contributed by atoms with E-state index in [1.807, 2.05) is 13.0 Å². The number of ether oxygens (including phenoxy) is 4. The van der Waals surface area contributed by atoms with E-state index in [1.165, 1.54) is 26.2 Å². The molecule has 158 valence electrons. The first-order valence-electron chi connectivity index (χ1n) is 9.55. The van der Waals surface area contributed by atoms with Crippen LogP contribution in [0.5, 0.6) is 17.2 Å². The molecular formula is C21H28N2O5S. The van der Waals surface area contributed by atoms with E-state index in [2.05, 4.69) is 21.7 Å². The van der Waals surface area contributed by atoms with E-state index in [0.29, 0.717) is 36.0 Å². The number of hydrogen-bond donors (Lipinski definition) is 1. The second-order valence-corrected chi connectivity index (χ2v) is 7.76. The molecule has 2 atom stereocenters. The number of carbonyl (C=O) groups excluding carboxylic acids is 1. The number of hydrogen-bond acceptors (Lipinski definition) is 7. The Labute approximate surface area is 175 Å². The number of carbonyl (C=O) groups is 1. The average molecular weight is 421 g/mol. The van der Waals surface area contributed by atoms with Gasteiger partial charge in [0.15, 0.2) is 11.5 Å². The quantitative estimate of drug-likeness (QED) is 0.708. The molecular weight excluding hydrogens is 392 g/mol. The van der Waals surface area contributed by atoms with Crippen LogP contribution in [0.15, 0.2) is 29.6 Å². The smallest absolute Gasteiger partial charge is 0.251 e. The fourth-order valence-corrected chi connectivity index (χ4v) is 4.60. The summed E-state index contributed by atoms with van der Waals surface area (Å²) >= 11 is 1.70. The second kappa shape index (κ2) is 9.96. The van der Waals surface area contributed by atoms with Gasteiger partial charge < -0.3 is 24.3 Å². The molecule has 1 aromatic carbocycles. The van der Waals surface area contributed by atoms with Gasteiger partial charge in [-0.25, -0.2) is 0 Å². The van der Waals surface area contributed by atoms with Crippen LogP contribution in [0.2, 0.25) is 0 Å². The molecule has 0 saturated carbocycles. The lowest BCUT2D eigenvalue weighted by Crippen LogP contribution is -2.48. The van der Waals surface area contributed by atoms with E-state index in [-0.39, 0.29) is 18.0 Å². The standard InChI is InChI=1S/C21H28N2O5S/c1-14(19(18-6-5-11-29-18)23-7-9-28-10-8-23)22-21(24)15-12-16(25-2)20(27-4)17(13-15)26-3/h5-6,11-14,19H,7-10H2,1-4H3,(H,22,24)/t14-,19-/m1/s1. The maximum atomic E-state index is 13.0. The minimum Gasteiger partial charge on any atom is -0.493 e. The molecule has 1 aliphatic rings. The van der Waals surface area contributed by atoms with E-state index < -0.39 is 0 Å². The summed E-state index contributed by atoms with van der Waals surface area (Å²) in [6.07, 6.45) is 0. The summed E-state index contributed by atoms with van der Waals surface area (Å²) in [7, 11) is 4.61. The number of nitrogens with one attached hydrogen (secondary N) is 1. The van der Waals surface area contributed by atoms with Gasteiger partial charge in [-0.15, -0.1) is 11.3 Å². The third-order valence-electron chi connectivity index (χ3n) is 5.03. The first-order valence-corrected chi connectivity index (χ1v) is 10.4. The lowest BCUT2D eigenvalue weighted by Gasteiger charge is -2.37. The highest BCUT2D eigenvalue weighted by Crippen LogP contribution is 2.38. The van der Waals surface area contributed by atoms with Crippen molar-refractivity contribution in [3.05, 3.63) is 40.1 Å². The molecule has 1 N–H and O–H groups in total. The van der Waals surface area contributed by atoms with Crippen molar-refractivity contribution in [2.24, 2.45) is 0 Å². The number of morpholine rings is 1. The molecule has 3 rings (SSSR count). The Bertz CT molecular complexity index is 780. The molecule has 2 aromatic rings. The summed E-state index contributed by atoms with van der Waals surface area (Å²) in [5.41, 5.74) is 0.457. The third-order valence-corrected chi connectivity index (χ3v) is 5.98. The topological polar surface area (TPSA) is 69.3 Å². The molecule has 1 saturated heterocycles. The van der Waals surface area contributed by atoms with Crippen molar-refractivity contribution >= 4 is 17.2 Å². The minimum absolute atomic E-state index is 0.0879. The molecule has 1 fully saturated rings. The number of amides is 1. The third kappa shape index (κ3) is 4.83. The van der Waals surface area contributed by atoms with Crippen molar-refractivity contribution in [1.82, 2.24) is 10.2 Å². The maximum Gasteiger partial charge on any atom is 0.251 e. The van der Waals surface area contributed by atoms with Crippen molar-refractivity contribution in [2.75, 3.05) is 47.6 Å². The van der Waals surface area contributed by atoms with E-state index in [0.717, 1.165) is 13.1 Å². The maximum absolute atomic E-state index is 13.0. The van der Waals surface area contributed by atoms with Crippen LogP contribution in [0.3, 0.4) is 0 Å². The Morgan fingerprint density at radius 1 is 1.14 bits per heavy atom. The highest BCUT2D eigenvalue weighted by molar-refractivity contribution is 7.10. The van der Waals surface area contributed by atoms with Gasteiger partial charge in [0, 0.05) is 29.6 Å². The largest absolute Gasteiger partial charge is 0.493 e. The van der Waals surface area contributed by atoms with Gasteiger partial charge in [-0.05, 0) is 30.5 Å². The number of thiophene rings is 1. The lowest BCUT2D eigenvalue weighted by atomic mass is 10.0. The summed E-state index contributed by atoms with van der Waals surface area (Å²) in [6, 6.07) is 7.48. The van der Waals surface area contributed by atoms with Crippen LogP contribution in [0, 0.1) is 0 Å². The van der Waals surface area contributed by atoms with Crippen molar-refractivity contribution in [1.29, 1.82) is 0 Å². The van der Waals surface area contributed by atoms with Gasteiger partial charge in [-0.3, -0.25) is 9.69 Å². The Kier molecular flexibility index (Phi) is 7.35. The van der Waals surface area contributed by atoms with Crippen LogP contribution in [0.4, 0.5) is 0 Å².